The molecule has 3 aliphatic rings. The predicted octanol–water partition coefficient (Wildman–Crippen LogP) is 3.59. The van der Waals surface area contributed by atoms with E-state index in [2.05, 4.69) is 17.2 Å². The summed E-state index contributed by atoms with van der Waals surface area (Å²) >= 11 is 0. The zero-order valence-electron chi connectivity index (χ0n) is 16.0. The lowest BCUT2D eigenvalue weighted by Gasteiger charge is -2.24. The molecule has 0 bridgehead atoms. The Balaban J connectivity index is 1.40. The molecule has 1 N–H and O–H groups in total. The van der Waals surface area contributed by atoms with E-state index in [1.165, 1.54) is 6.20 Å². The van der Waals surface area contributed by atoms with E-state index in [-0.39, 0.29) is 11.3 Å². The number of ether oxygens (including phenoxy) is 2. The predicted molar refractivity (Wildman–Crippen MR) is 102 cm³/mol. The lowest BCUT2D eigenvalue weighted by molar-refractivity contribution is -0.121. The fourth-order valence-corrected chi connectivity index (χ4v) is 4.00. The van der Waals surface area contributed by atoms with Crippen LogP contribution in [0.3, 0.4) is 0 Å². The zero-order chi connectivity index (χ0) is 19.7. The second kappa shape index (κ2) is 5.47. The molecule has 2 aromatic rings. The molecular formula is C21H21N3O4. The molecule has 1 aliphatic carbocycles. The third-order valence-electron chi connectivity index (χ3n) is 5.84. The lowest BCUT2D eigenvalue weighted by Crippen LogP contribution is -2.40. The molecule has 0 radical (unpaired) electrons. The quantitative estimate of drug-likeness (QED) is 0.824. The van der Waals surface area contributed by atoms with E-state index in [1.54, 1.807) is 26.0 Å². The van der Waals surface area contributed by atoms with Gasteiger partial charge in [-0.25, -0.2) is 14.7 Å². The fraction of sp³-hybridized carbons (Fsp3) is 0.381. The first-order valence-corrected chi connectivity index (χ1v) is 9.35. The van der Waals surface area contributed by atoms with Gasteiger partial charge in [0.05, 0.1) is 18.5 Å². The average Bonchev–Trinajstić information content (AvgIpc) is 3.29. The van der Waals surface area contributed by atoms with Crippen molar-refractivity contribution in [3.63, 3.8) is 0 Å². The normalized spacial score (nSPS) is 26.8. The molecule has 28 heavy (non-hydrogen) atoms. The molecule has 7 heteroatoms. The Labute approximate surface area is 162 Å². The van der Waals surface area contributed by atoms with Crippen LogP contribution in [0.4, 0.5) is 10.5 Å². The van der Waals surface area contributed by atoms with Gasteiger partial charge in [-0.1, -0.05) is 13.0 Å². The van der Waals surface area contributed by atoms with Gasteiger partial charge < -0.3 is 14.8 Å². The number of imide groups is 1. The van der Waals surface area contributed by atoms with Crippen LogP contribution < -0.4 is 19.7 Å². The smallest absolute Gasteiger partial charge is 0.329 e. The summed E-state index contributed by atoms with van der Waals surface area (Å²) < 4.78 is 11.9. The number of rotatable bonds is 3. The van der Waals surface area contributed by atoms with Crippen molar-refractivity contribution in [2.75, 3.05) is 11.5 Å². The Morgan fingerprint density at radius 2 is 2.04 bits per heavy atom. The number of nitrogens with zero attached hydrogens (tertiary/aromatic N) is 2. The van der Waals surface area contributed by atoms with Crippen LogP contribution in [0.1, 0.15) is 38.7 Å². The first-order valence-electron chi connectivity index (χ1n) is 9.35. The second-order valence-electron chi connectivity index (χ2n) is 8.52. The zero-order valence-corrected chi connectivity index (χ0v) is 16.0. The van der Waals surface area contributed by atoms with E-state index in [1.807, 2.05) is 18.2 Å². The van der Waals surface area contributed by atoms with Crippen molar-refractivity contribution in [2.24, 2.45) is 5.41 Å². The summed E-state index contributed by atoms with van der Waals surface area (Å²) in [7, 11) is 0. The molecular weight excluding hydrogens is 358 g/mol. The standard InChI is InChI=1S/C21H21N3O4/c1-20(2)18(25)24(19(26)23-20)12-7-8-16(22-10-12)28-15-6-4-5-14-17(15)13-9-21(13,3)11-27-14/h4-8,10,13H,9,11H2,1-3H3,(H,23,26)/t13?,21-/m0/s1. The minimum Gasteiger partial charge on any atom is -0.493 e. The Morgan fingerprint density at radius 3 is 2.71 bits per heavy atom. The first kappa shape index (κ1) is 17.0. The van der Waals surface area contributed by atoms with Gasteiger partial charge in [-0.15, -0.1) is 0 Å². The Morgan fingerprint density at radius 1 is 1.21 bits per heavy atom. The van der Waals surface area contributed by atoms with E-state index in [4.69, 9.17) is 9.47 Å². The van der Waals surface area contributed by atoms with Crippen molar-refractivity contribution in [3.8, 4) is 17.4 Å². The summed E-state index contributed by atoms with van der Waals surface area (Å²) in [5.74, 6) is 2.14. The van der Waals surface area contributed by atoms with E-state index in [9.17, 15) is 9.59 Å². The summed E-state index contributed by atoms with van der Waals surface area (Å²) in [5, 5.41) is 2.66. The fourth-order valence-electron chi connectivity index (χ4n) is 4.00. The van der Waals surface area contributed by atoms with Gasteiger partial charge in [0.15, 0.2) is 0 Å². The van der Waals surface area contributed by atoms with Gasteiger partial charge in [-0.05, 0) is 38.5 Å². The van der Waals surface area contributed by atoms with Gasteiger partial charge in [-0.2, -0.15) is 0 Å². The molecule has 2 fully saturated rings. The maximum Gasteiger partial charge on any atom is 0.329 e. The molecule has 1 saturated carbocycles. The molecule has 2 aliphatic heterocycles. The molecule has 7 nitrogen and oxygen atoms in total. The number of pyridine rings is 1. The highest BCUT2D eigenvalue weighted by atomic mass is 16.5. The molecule has 0 spiro atoms. The SMILES string of the molecule is CC1(C)NC(=O)N(c2ccc(Oc3cccc4c3C3C[C@@]3(C)CO4)nc2)C1=O. The Hall–Kier alpha value is -3.09. The molecule has 144 valence electrons. The number of nitrogens with one attached hydrogen (secondary N) is 1. The summed E-state index contributed by atoms with van der Waals surface area (Å²) in [6.07, 6.45) is 2.57. The summed E-state index contributed by atoms with van der Waals surface area (Å²) in [6.45, 7) is 6.31. The van der Waals surface area contributed by atoms with Crippen LogP contribution in [0.2, 0.25) is 0 Å². The Bertz CT molecular complexity index is 1000. The molecule has 3 amide bonds. The van der Waals surface area contributed by atoms with Crippen molar-refractivity contribution < 1.29 is 19.1 Å². The number of hydrogen-bond donors (Lipinski definition) is 1. The third kappa shape index (κ3) is 2.46. The van der Waals surface area contributed by atoms with Crippen LogP contribution >= 0.6 is 0 Å². The van der Waals surface area contributed by atoms with E-state index < -0.39 is 11.6 Å². The van der Waals surface area contributed by atoms with Gasteiger partial charge in [0, 0.05) is 23.0 Å². The Kier molecular flexibility index (Phi) is 3.33. The number of carbonyl (C=O) groups excluding carboxylic acids is 2. The molecule has 1 saturated heterocycles. The van der Waals surface area contributed by atoms with E-state index >= 15 is 0 Å². The van der Waals surface area contributed by atoms with Crippen molar-refractivity contribution in [1.82, 2.24) is 10.3 Å². The number of amides is 3. The third-order valence-corrected chi connectivity index (χ3v) is 5.84. The number of aromatic nitrogens is 1. The van der Waals surface area contributed by atoms with E-state index in [0.717, 1.165) is 35.0 Å². The highest BCUT2D eigenvalue weighted by Gasteiger charge is 2.56. The molecule has 5 rings (SSSR count). The monoisotopic (exact) mass is 379 g/mol. The molecule has 1 unspecified atom stereocenters. The van der Waals surface area contributed by atoms with Crippen LogP contribution in [0.15, 0.2) is 36.5 Å². The van der Waals surface area contributed by atoms with Crippen LogP contribution in [0.25, 0.3) is 0 Å². The number of fused-ring (bicyclic) bond motifs is 3. The van der Waals surface area contributed by atoms with Crippen LogP contribution in [0, 0.1) is 5.41 Å². The average molecular weight is 379 g/mol. The minimum atomic E-state index is -0.924. The summed E-state index contributed by atoms with van der Waals surface area (Å²) in [5.41, 5.74) is 0.776. The molecule has 1 aromatic carbocycles. The van der Waals surface area contributed by atoms with Crippen LogP contribution in [0.5, 0.6) is 17.4 Å². The van der Waals surface area contributed by atoms with Crippen LogP contribution in [-0.4, -0.2) is 29.1 Å². The molecule has 2 atom stereocenters. The van der Waals surface area contributed by atoms with Crippen molar-refractivity contribution in [2.45, 2.75) is 38.6 Å². The van der Waals surface area contributed by atoms with Gasteiger partial charge in [0.25, 0.3) is 5.91 Å². The highest BCUT2D eigenvalue weighted by Crippen LogP contribution is 2.65. The number of carbonyl (C=O) groups is 2. The van der Waals surface area contributed by atoms with Gasteiger partial charge in [-0.3, -0.25) is 4.79 Å². The number of anilines is 1. The number of benzene rings is 1. The van der Waals surface area contributed by atoms with Crippen molar-refractivity contribution >= 4 is 17.6 Å². The summed E-state index contributed by atoms with van der Waals surface area (Å²) in [6, 6.07) is 8.67. The molecule has 3 heterocycles. The van der Waals surface area contributed by atoms with Crippen molar-refractivity contribution in [3.05, 3.63) is 42.1 Å². The lowest BCUT2D eigenvalue weighted by atomic mass is 9.97. The maximum atomic E-state index is 12.4. The van der Waals surface area contributed by atoms with Gasteiger partial charge >= 0.3 is 6.03 Å². The largest absolute Gasteiger partial charge is 0.493 e. The first-order chi connectivity index (χ1) is 13.3. The topological polar surface area (TPSA) is 80.8 Å². The van der Waals surface area contributed by atoms with Gasteiger partial charge in [0.2, 0.25) is 5.88 Å². The number of hydrogen-bond acceptors (Lipinski definition) is 5. The van der Waals surface area contributed by atoms with Crippen LogP contribution in [-0.2, 0) is 4.79 Å². The minimum absolute atomic E-state index is 0.194. The molecule has 1 aromatic heterocycles. The van der Waals surface area contributed by atoms with Crippen molar-refractivity contribution in [1.29, 1.82) is 0 Å². The summed E-state index contributed by atoms with van der Waals surface area (Å²) in [4.78, 5) is 29.9. The van der Waals surface area contributed by atoms with Gasteiger partial charge in [0.1, 0.15) is 17.0 Å². The van der Waals surface area contributed by atoms with E-state index in [0.29, 0.717) is 17.5 Å². The maximum absolute atomic E-state index is 12.4. The highest BCUT2D eigenvalue weighted by molar-refractivity contribution is 6.22. The second-order valence-corrected chi connectivity index (χ2v) is 8.52. The number of urea groups is 1.